The SMILES string of the molecule is CNC(c1cccc(F)c1)c1csc(I)c1. The highest BCUT2D eigenvalue weighted by Crippen LogP contribution is 2.27. The van der Waals surface area contributed by atoms with Crippen molar-refractivity contribution in [2.45, 2.75) is 6.04 Å². The summed E-state index contributed by atoms with van der Waals surface area (Å²) in [6, 6.07) is 8.91. The van der Waals surface area contributed by atoms with Crippen molar-refractivity contribution in [1.29, 1.82) is 0 Å². The van der Waals surface area contributed by atoms with E-state index in [-0.39, 0.29) is 11.9 Å². The zero-order chi connectivity index (χ0) is 11.5. The average molecular weight is 347 g/mol. The lowest BCUT2D eigenvalue weighted by molar-refractivity contribution is 0.617. The van der Waals surface area contributed by atoms with E-state index in [1.54, 1.807) is 23.5 Å². The van der Waals surface area contributed by atoms with E-state index in [4.69, 9.17) is 0 Å². The van der Waals surface area contributed by atoms with Gasteiger partial charge in [0.15, 0.2) is 0 Å². The molecule has 0 saturated carbocycles. The standard InChI is InChI=1S/C12H11FINS/c1-15-12(9-6-11(14)16-7-9)8-3-2-4-10(13)5-8/h2-7,12,15H,1H3. The first-order valence-corrected chi connectivity index (χ1v) is 6.83. The van der Waals surface area contributed by atoms with E-state index < -0.39 is 0 Å². The third-order valence-corrected chi connectivity index (χ3v) is 4.20. The van der Waals surface area contributed by atoms with Gasteiger partial charge in [-0.3, -0.25) is 0 Å². The lowest BCUT2D eigenvalue weighted by Crippen LogP contribution is -2.17. The van der Waals surface area contributed by atoms with Crippen LogP contribution in [0.25, 0.3) is 0 Å². The third-order valence-electron chi connectivity index (χ3n) is 2.39. The summed E-state index contributed by atoms with van der Waals surface area (Å²) in [5.74, 6) is -0.192. The van der Waals surface area contributed by atoms with Crippen molar-refractivity contribution in [2.75, 3.05) is 7.05 Å². The first-order chi connectivity index (χ1) is 7.70. The van der Waals surface area contributed by atoms with Gasteiger partial charge in [-0.2, -0.15) is 0 Å². The molecule has 1 nitrogen and oxygen atoms in total. The number of rotatable bonds is 3. The summed E-state index contributed by atoms with van der Waals surface area (Å²) >= 11 is 3.99. The molecule has 0 aliphatic heterocycles. The van der Waals surface area contributed by atoms with Gasteiger partial charge in [-0.25, -0.2) is 4.39 Å². The zero-order valence-corrected chi connectivity index (χ0v) is 11.7. The molecule has 0 aliphatic carbocycles. The molecule has 0 saturated heterocycles. The highest BCUT2D eigenvalue weighted by molar-refractivity contribution is 14.1. The van der Waals surface area contributed by atoms with Crippen LogP contribution in [0.15, 0.2) is 35.7 Å². The van der Waals surface area contributed by atoms with Crippen LogP contribution in [0.3, 0.4) is 0 Å². The van der Waals surface area contributed by atoms with E-state index in [0.29, 0.717) is 0 Å². The number of nitrogens with one attached hydrogen (secondary N) is 1. The molecule has 0 aliphatic rings. The largest absolute Gasteiger partial charge is 0.309 e. The van der Waals surface area contributed by atoms with Crippen molar-refractivity contribution < 1.29 is 4.39 Å². The Labute approximate surface area is 112 Å². The van der Waals surface area contributed by atoms with Gasteiger partial charge in [0.25, 0.3) is 0 Å². The van der Waals surface area contributed by atoms with Gasteiger partial charge in [0.2, 0.25) is 0 Å². The van der Waals surface area contributed by atoms with Crippen molar-refractivity contribution >= 4 is 33.9 Å². The molecule has 0 bridgehead atoms. The summed E-state index contributed by atoms with van der Waals surface area (Å²) in [5.41, 5.74) is 2.14. The lowest BCUT2D eigenvalue weighted by atomic mass is 10.0. The van der Waals surface area contributed by atoms with Crippen LogP contribution < -0.4 is 5.32 Å². The van der Waals surface area contributed by atoms with Crippen molar-refractivity contribution in [3.63, 3.8) is 0 Å². The van der Waals surface area contributed by atoms with Crippen LogP contribution in [0, 0.1) is 8.70 Å². The Balaban J connectivity index is 2.36. The lowest BCUT2D eigenvalue weighted by Gasteiger charge is -2.15. The molecule has 0 amide bonds. The Hall–Kier alpha value is -0.460. The maximum atomic E-state index is 13.2. The fraction of sp³-hybridized carbons (Fsp3) is 0.167. The molecule has 1 unspecified atom stereocenters. The van der Waals surface area contributed by atoms with E-state index in [1.165, 1.54) is 14.5 Å². The molecule has 1 N–H and O–H groups in total. The van der Waals surface area contributed by atoms with Gasteiger partial charge in [0.1, 0.15) is 5.82 Å². The fourth-order valence-corrected chi connectivity index (χ4v) is 3.08. The van der Waals surface area contributed by atoms with Crippen LogP contribution in [0.4, 0.5) is 4.39 Å². The highest BCUT2D eigenvalue weighted by atomic mass is 127. The van der Waals surface area contributed by atoms with Gasteiger partial charge < -0.3 is 5.32 Å². The normalized spacial score (nSPS) is 12.7. The van der Waals surface area contributed by atoms with Crippen LogP contribution in [0.2, 0.25) is 0 Å². The van der Waals surface area contributed by atoms with Gasteiger partial charge in [0, 0.05) is 0 Å². The molecule has 1 aromatic carbocycles. The maximum absolute atomic E-state index is 13.2. The second-order valence-corrected chi connectivity index (χ2v) is 6.27. The van der Waals surface area contributed by atoms with Gasteiger partial charge in [0.05, 0.1) is 8.93 Å². The van der Waals surface area contributed by atoms with Crippen molar-refractivity contribution in [1.82, 2.24) is 5.32 Å². The summed E-state index contributed by atoms with van der Waals surface area (Å²) in [7, 11) is 1.89. The molecule has 0 fully saturated rings. The fourth-order valence-electron chi connectivity index (χ4n) is 1.69. The number of benzene rings is 1. The molecule has 16 heavy (non-hydrogen) atoms. The Morgan fingerprint density at radius 3 is 2.69 bits per heavy atom. The summed E-state index contributed by atoms with van der Waals surface area (Å²) in [5, 5.41) is 5.32. The Morgan fingerprint density at radius 1 is 1.31 bits per heavy atom. The topological polar surface area (TPSA) is 12.0 Å². The minimum Gasteiger partial charge on any atom is -0.309 e. The molecule has 2 aromatic rings. The van der Waals surface area contributed by atoms with Crippen molar-refractivity contribution in [3.05, 3.63) is 55.5 Å². The first kappa shape index (κ1) is 12.0. The van der Waals surface area contributed by atoms with Crippen LogP contribution >= 0.6 is 33.9 Å². The number of hydrogen-bond donors (Lipinski definition) is 1. The first-order valence-electron chi connectivity index (χ1n) is 4.87. The molecule has 1 aromatic heterocycles. The van der Waals surface area contributed by atoms with E-state index in [2.05, 4.69) is 39.4 Å². The summed E-state index contributed by atoms with van der Waals surface area (Å²) in [4.78, 5) is 0. The average Bonchev–Trinajstić information content (AvgIpc) is 2.66. The van der Waals surface area contributed by atoms with E-state index >= 15 is 0 Å². The molecular formula is C12H11FINS. The van der Waals surface area contributed by atoms with Crippen LogP contribution in [-0.2, 0) is 0 Å². The number of hydrogen-bond acceptors (Lipinski definition) is 2. The van der Waals surface area contributed by atoms with E-state index in [9.17, 15) is 4.39 Å². The van der Waals surface area contributed by atoms with Crippen LogP contribution in [0.5, 0.6) is 0 Å². The molecule has 0 radical (unpaired) electrons. The van der Waals surface area contributed by atoms with Crippen LogP contribution in [-0.4, -0.2) is 7.05 Å². The van der Waals surface area contributed by atoms with Crippen molar-refractivity contribution in [2.24, 2.45) is 0 Å². The molecule has 4 heteroatoms. The second-order valence-electron chi connectivity index (χ2n) is 3.46. The smallest absolute Gasteiger partial charge is 0.123 e. The predicted molar refractivity (Wildman–Crippen MR) is 74.3 cm³/mol. The Bertz CT molecular complexity index is 483. The molecule has 1 atom stereocenters. The van der Waals surface area contributed by atoms with E-state index in [0.717, 1.165) is 5.56 Å². The third kappa shape index (κ3) is 2.61. The summed E-state index contributed by atoms with van der Waals surface area (Å²) in [6.07, 6.45) is 0. The van der Waals surface area contributed by atoms with Crippen LogP contribution in [0.1, 0.15) is 17.2 Å². The highest BCUT2D eigenvalue weighted by Gasteiger charge is 2.13. The molecular weight excluding hydrogens is 336 g/mol. The Morgan fingerprint density at radius 2 is 2.12 bits per heavy atom. The van der Waals surface area contributed by atoms with E-state index in [1.807, 2.05) is 13.1 Å². The molecule has 2 rings (SSSR count). The van der Waals surface area contributed by atoms with Gasteiger partial charge >= 0.3 is 0 Å². The summed E-state index contributed by atoms with van der Waals surface area (Å²) < 4.78 is 14.4. The molecule has 0 spiro atoms. The maximum Gasteiger partial charge on any atom is 0.123 e. The zero-order valence-electron chi connectivity index (χ0n) is 8.71. The number of halogens is 2. The quantitative estimate of drug-likeness (QED) is 0.833. The van der Waals surface area contributed by atoms with Gasteiger partial charge in [-0.15, -0.1) is 11.3 Å². The molecule has 1 heterocycles. The minimum absolute atomic E-state index is 0.0652. The molecule has 84 valence electrons. The second kappa shape index (κ2) is 5.25. The Kier molecular flexibility index (Phi) is 3.94. The summed E-state index contributed by atoms with van der Waals surface area (Å²) in [6.45, 7) is 0. The van der Waals surface area contributed by atoms with Gasteiger partial charge in [-0.05, 0) is 64.3 Å². The number of thiophene rings is 1. The minimum atomic E-state index is -0.192. The van der Waals surface area contributed by atoms with Crippen molar-refractivity contribution in [3.8, 4) is 0 Å². The van der Waals surface area contributed by atoms with Gasteiger partial charge in [-0.1, -0.05) is 12.1 Å². The monoisotopic (exact) mass is 347 g/mol. The predicted octanol–water partition coefficient (Wildman–Crippen LogP) is 3.80.